The first-order chi connectivity index (χ1) is 13.6. The number of halogens is 1. The minimum Gasteiger partial charge on any atom is -0.354 e. The zero-order valence-corrected chi connectivity index (χ0v) is 15.0. The minimum absolute atomic E-state index is 0.153. The molecule has 0 bridgehead atoms. The van der Waals surface area contributed by atoms with E-state index < -0.39 is 29.1 Å². The summed E-state index contributed by atoms with van der Waals surface area (Å²) in [6, 6.07) is 17.5. The van der Waals surface area contributed by atoms with Gasteiger partial charge in [0, 0.05) is 24.4 Å². The maximum Gasteiger partial charge on any atom is 0.251 e. The molecule has 3 rings (SSSR count). The van der Waals surface area contributed by atoms with Crippen LogP contribution in [0.25, 0.3) is 0 Å². The maximum absolute atomic E-state index is 13.2. The van der Waals surface area contributed by atoms with Crippen molar-refractivity contribution in [1.29, 1.82) is 0 Å². The number of ketones is 1. The number of aromatic nitrogens is 1. The van der Waals surface area contributed by atoms with Crippen molar-refractivity contribution in [1.82, 2.24) is 9.88 Å². The van der Waals surface area contributed by atoms with Gasteiger partial charge in [-0.1, -0.05) is 36.4 Å². The average Bonchev–Trinajstić information content (AvgIpc) is 2.71. The Morgan fingerprint density at radius 2 is 1.61 bits per heavy atom. The summed E-state index contributed by atoms with van der Waals surface area (Å²) >= 11 is 0. The molecule has 1 N–H and O–H groups in total. The molecule has 0 unspecified atom stereocenters. The second kappa shape index (κ2) is 8.90. The van der Waals surface area contributed by atoms with Crippen molar-refractivity contribution >= 4 is 11.7 Å². The Morgan fingerprint density at radius 3 is 2.29 bits per heavy atom. The Bertz CT molecular complexity index is 1010. The van der Waals surface area contributed by atoms with Gasteiger partial charge in [-0.2, -0.15) is 0 Å². The molecule has 0 aliphatic heterocycles. The third-order valence-corrected chi connectivity index (χ3v) is 4.31. The number of benzene rings is 2. The molecule has 6 heteroatoms. The fourth-order valence-corrected chi connectivity index (χ4v) is 2.87. The second-order valence-electron chi connectivity index (χ2n) is 6.25. The molecule has 0 saturated heterocycles. The van der Waals surface area contributed by atoms with Crippen LogP contribution < -0.4 is 10.9 Å². The van der Waals surface area contributed by atoms with Crippen molar-refractivity contribution in [3.63, 3.8) is 0 Å². The summed E-state index contributed by atoms with van der Waals surface area (Å²) in [6.07, 6.45) is 1.99. The number of hydrogen-bond acceptors (Lipinski definition) is 3. The van der Waals surface area contributed by atoms with Crippen LogP contribution in [0.1, 0.15) is 22.0 Å². The molecule has 2 aromatic carbocycles. The molecule has 1 heterocycles. The van der Waals surface area contributed by atoms with Crippen molar-refractivity contribution in [2.75, 3.05) is 6.54 Å². The highest BCUT2D eigenvalue weighted by atomic mass is 19.1. The molecule has 142 valence electrons. The van der Waals surface area contributed by atoms with Crippen molar-refractivity contribution in [2.24, 2.45) is 0 Å². The molecule has 3 aromatic rings. The SMILES string of the molecule is O=C(NCCc1ccccc1)[C@@H](C(=O)c1ccc(F)cc1)n1ccccc1=O. The van der Waals surface area contributed by atoms with E-state index in [-0.39, 0.29) is 5.56 Å². The molecule has 28 heavy (non-hydrogen) atoms. The molecular weight excluding hydrogens is 359 g/mol. The fraction of sp³-hybridized carbons (Fsp3) is 0.136. The second-order valence-corrected chi connectivity index (χ2v) is 6.25. The Labute approximate surface area is 161 Å². The molecule has 0 saturated carbocycles. The van der Waals surface area contributed by atoms with Gasteiger partial charge in [0.15, 0.2) is 11.8 Å². The number of Topliss-reactive ketones (excluding diaryl/α,β-unsaturated/α-hetero) is 1. The predicted molar refractivity (Wildman–Crippen MR) is 104 cm³/mol. The number of nitrogens with zero attached hydrogens (tertiary/aromatic N) is 1. The van der Waals surface area contributed by atoms with E-state index in [1.807, 2.05) is 30.3 Å². The highest BCUT2D eigenvalue weighted by Gasteiger charge is 2.29. The van der Waals surface area contributed by atoms with Gasteiger partial charge in [-0.25, -0.2) is 4.39 Å². The van der Waals surface area contributed by atoms with Crippen LogP contribution in [0.4, 0.5) is 4.39 Å². The summed E-state index contributed by atoms with van der Waals surface area (Å²) in [5, 5.41) is 2.73. The van der Waals surface area contributed by atoms with E-state index in [1.54, 1.807) is 6.07 Å². The Balaban J connectivity index is 1.82. The first-order valence-corrected chi connectivity index (χ1v) is 8.85. The van der Waals surface area contributed by atoms with Gasteiger partial charge in [-0.3, -0.25) is 19.0 Å². The number of nitrogens with one attached hydrogen (secondary N) is 1. The van der Waals surface area contributed by atoms with Gasteiger partial charge < -0.3 is 5.32 Å². The van der Waals surface area contributed by atoms with Gasteiger partial charge in [-0.05, 0) is 42.3 Å². The van der Waals surface area contributed by atoms with Crippen molar-refractivity contribution in [3.8, 4) is 0 Å². The largest absolute Gasteiger partial charge is 0.354 e. The van der Waals surface area contributed by atoms with E-state index >= 15 is 0 Å². The molecule has 5 nitrogen and oxygen atoms in total. The summed E-state index contributed by atoms with van der Waals surface area (Å²) < 4.78 is 14.3. The molecule has 1 atom stereocenters. The highest BCUT2D eigenvalue weighted by molar-refractivity contribution is 6.11. The van der Waals surface area contributed by atoms with Gasteiger partial charge in [0.25, 0.3) is 11.5 Å². The number of carbonyl (C=O) groups is 2. The van der Waals surface area contributed by atoms with Crippen LogP contribution in [-0.4, -0.2) is 22.8 Å². The zero-order chi connectivity index (χ0) is 19.9. The van der Waals surface area contributed by atoms with E-state index in [9.17, 15) is 18.8 Å². The standard InChI is InChI=1S/C22H19FN2O3/c23-18-11-9-17(10-12-18)21(27)20(25-15-5-4-8-19(25)26)22(28)24-14-13-16-6-2-1-3-7-16/h1-12,15,20H,13-14H2,(H,24,28)/t20-/m1/s1. The summed E-state index contributed by atoms with van der Waals surface area (Å²) in [5.41, 5.74) is 0.725. The summed E-state index contributed by atoms with van der Waals surface area (Å²) in [5.74, 6) is -1.65. The smallest absolute Gasteiger partial charge is 0.251 e. The van der Waals surface area contributed by atoms with E-state index in [0.717, 1.165) is 22.3 Å². The van der Waals surface area contributed by atoms with Gasteiger partial charge in [-0.15, -0.1) is 0 Å². The van der Waals surface area contributed by atoms with Crippen LogP contribution in [0, 0.1) is 5.82 Å². The van der Waals surface area contributed by atoms with E-state index in [2.05, 4.69) is 5.32 Å². The fourth-order valence-electron chi connectivity index (χ4n) is 2.87. The Morgan fingerprint density at radius 1 is 0.929 bits per heavy atom. The van der Waals surface area contributed by atoms with Gasteiger partial charge >= 0.3 is 0 Å². The monoisotopic (exact) mass is 378 g/mol. The van der Waals surface area contributed by atoms with E-state index in [4.69, 9.17) is 0 Å². The number of pyridine rings is 1. The summed E-state index contributed by atoms with van der Waals surface area (Å²) in [4.78, 5) is 38.0. The van der Waals surface area contributed by atoms with Crippen LogP contribution in [0.2, 0.25) is 0 Å². The van der Waals surface area contributed by atoms with Gasteiger partial charge in [0.1, 0.15) is 5.82 Å². The molecule has 0 fully saturated rings. The zero-order valence-electron chi connectivity index (χ0n) is 15.0. The van der Waals surface area contributed by atoms with Crippen molar-refractivity contribution < 1.29 is 14.0 Å². The number of rotatable bonds is 7. The number of amides is 1. The first-order valence-electron chi connectivity index (χ1n) is 8.85. The maximum atomic E-state index is 13.2. The predicted octanol–water partition coefficient (Wildman–Crippen LogP) is 2.77. The lowest BCUT2D eigenvalue weighted by atomic mass is 10.0. The lowest BCUT2D eigenvalue weighted by Crippen LogP contribution is -2.41. The minimum atomic E-state index is -1.37. The molecule has 0 radical (unpaired) electrons. The summed E-state index contributed by atoms with van der Waals surface area (Å²) in [7, 11) is 0. The lowest BCUT2D eigenvalue weighted by molar-refractivity contribution is -0.123. The third-order valence-electron chi connectivity index (χ3n) is 4.31. The van der Waals surface area contributed by atoms with Crippen LogP contribution in [-0.2, 0) is 11.2 Å². The molecule has 0 spiro atoms. The van der Waals surface area contributed by atoms with Crippen LogP contribution >= 0.6 is 0 Å². The van der Waals surface area contributed by atoms with E-state index in [0.29, 0.717) is 13.0 Å². The Kier molecular flexibility index (Phi) is 6.11. The Hall–Kier alpha value is -3.54. The van der Waals surface area contributed by atoms with E-state index in [1.165, 1.54) is 30.5 Å². The van der Waals surface area contributed by atoms with Crippen LogP contribution in [0.3, 0.4) is 0 Å². The third kappa shape index (κ3) is 4.59. The molecule has 0 aliphatic rings. The van der Waals surface area contributed by atoms with Crippen LogP contribution in [0.15, 0.2) is 83.8 Å². The number of hydrogen-bond donors (Lipinski definition) is 1. The number of carbonyl (C=O) groups excluding carboxylic acids is 2. The molecule has 1 aromatic heterocycles. The quantitative estimate of drug-likeness (QED) is 0.508. The normalized spacial score (nSPS) is 11.6. The molecule has 0 aliphatic carbocycles. The average molecular weight is 378 g/mol. The van der Waals surface area contributed by atoms with Crippen LogP contribution in [0.5, 0.6) is 0 Å². The topological polar surface area (TPSA) is 68.2 Å². The van der Waals surface area contributed by atoms with Gasteiger partial charge in [0.2, 0.25) is 0 Å². The summed E-state index contributed by atoms with van der Waals surface area (Å²) in [6.45, 7) is 0.317. The molecule has 1 amide bonds. The van der Waals surface area contributed by atoms with Gasteiger partial charge in [0.05, 0.1) is 0 Å². The first kappa shape index (κ1) is 19.2. The lowest BCUT2D eigenvalue weighted by Gasteiger charge is -2.18. The highest BCUT2D eigenvalue weighted by Crippen LogP contribution is 2.14. The van der Waals surface area contributed by atoms with Crippen molar-refractivity contribution in [2.45, 2.75) is 12.5 Å². The van der Waals surface area contributed by atoms with Crippen molar-refractivity contribution in [3.05, 3.63) is 106 Å². The molecular formula is C22H19FN2O3.